The Kier molecular flexibility index (Phi) is 4.39. The lowest BCUT2D eigenvalue weighted by atomic mass is 10.0. The van der Waals surface area contributed by atoms with Crippen molar-refractivity contribution in [3.63, 3.8) is 0 Å². The first-order chi connectivity index (χ1) is 10.1. The van der Waals surface area contributed by atoms with Crippen LogP contribution in [0.1, 0.15) is 11.6 Å². The topological polar surface area (TPSA) is 6.48 Å². The first kappa shape index (κ1) is 14.7. The van der Waals surface area contributed by atoms with Gasteiger partial charge < -0.3 is 9.80 Å². The standard InChI is InChI=1S/C17H18Cl2N2/c1-20-10-11-21(16-8-6-15(19)7-9-16)17(12-20)13-2-4-14(18)5-3-13/h2-9,17H,10-12H2,1H3. The van der Waals surface area contributed by atoms with Crippen LogP contribution in [0.4, 0.5) is 5.69 Å². The van der Waals surface area contributed by atoms with Gasteiger partial charge in [0.05, 0.1) is 6.04 Å². The van der Waals surface area contributed by atoms with Gasteiger partial charge >= 0.3 is 0 Å². The van der Waals surface area contributed by atoms with Gasteiger partial charge in [0.1, 0.15) is 0 Å². The van der Waals surface area contributed by atoms with Crippen molar-refractivity contribution in [3.8, 4) is 0 Å². The third-order valence-electron chi connectivity index (χ3n) is 4.00. The normalized spacial score (nSPS) is 19.8. The predicted molar refractivity (Wildman–Crippen MR) is 90.5 cm³/mol. The molecule has 1 aliphatic heterocycles. The maximum atomic E-state index is 6.01. The molecule has 1 unspecified atom stereocenters. The van der Waals surface area contributed by atoms with Crippen LogP contribution in [0.5, 0.6) is 0 Å². The first-order valence-corrected chi connectivity index (χ1v) is 7.85. The molecule has 110 valence electrons. The Morgan fingerprint density at radius 3 is 2.05 bits per heavy atom. The van der Waals surface area contributed by atoms with Crippen LogP contribution >= 0.6 is 23.2 Å². The second-order valence-electron chi connectivity index (χ2n) is 5.50. The maximum Gasteiger partial charge on any atom is 0.0669 e. The van der Waals surface area contributed by atoms with Gasteiger partial charge in [0.15, 0.2) is 0 Å². The Morgan fingerprint density at radius 1 is 0.857 bits per heavy atom. The highest BCUT2D eigenvalue weighted by atomic mass is 35.5. The lowest BCUT2D eigenvalue weighted by molar-refractivity contribution is 0.269. The molecule has 0 radical (unpaired) electrons. The lowest BCUT2D eigenvalue weighted by Crippen LogP contribution is -2.46. The molecular weight excluding hydrogens is 303 g/mol. The Hall–Kier alpha value is -1.22. The Morgan fingerprint density at radius 2 is 1.43 bits per heavy atom. The smallest absolute Gasteiger partial charge is 0.0669 e. The van der Waals surface area contributed by atoms with Gasteiger partial charge in [-0.2, -0.15) is 0 Å². The van der Waals surface area contributed by atoms with Crippen molar-refractivity contribution in [2.75, 3.05) is 31.6 Å². The van der Waals surface area contributed by atoms with Crippen molar-refractivity contribution in [1.82, 2.24) is 4.90 Å². The summed E-state index contributed by atoms with van der Waals surface area (Å²) in [4.78, 5) is 4.81. The van der Waals surface area contributed by atoms with E-state index < -0.39 is 0 Å². The van der Waals surface area contributed by atoms with Crippen molar-refractivity contribution in [2.45, 2.75) is 6.04 Å². The first-order valence-electron chi connectivity index (χ1n) is 7.10. The molecule has 1 saturated heterocycles. The molecule has 3 rings (SSSR count). The molecule has 0 aliphatic carbocycles. The lowest BCUT2D eigenvalue weighted by Gasteiger charge is -2.42. The SMILES string of the molecule is CN1CCN(c2ccc(Cl)cc2)C(c2ccc(Cl)cc2)C1. The molecular formula is C17H18Cl2N2. The minimum Gasteiger partial charge on any atom is -0.362 e. The number of hydrogen-bond donors (Lipinski definition) is 0. The third-order valence-corrected chi connectivity index (χ3v) is 4.50. The summed E-state index contributed by atoms with van der Waals surface area (Å²) in [7, 11) is 2.17. The fraction of sp³-hybridized carbons (Fsp3) is 0.294. The minimum absolute atomic E-state index is 0.335. The van der Waals surface area contributed by atoms with Gasteiger partial charge in [-0.15, -0.1) is 0 Å². The van der Waals surface area contributed by atoms with E-state index in [9.17, 15) is 0 Å². The molecule has 1 aliphatic rings. The maximum absolute atomic E-state index is 6.01. The van der Waals surface area contributed by atoms with Crippen molar-refractivity contribution < 1.29 is 0 Å². The van der Waals surface area contributed by atoms with E-state index in [0.29, 0.717) is 6.04 Å². The van der Waals surface area contributed by atoms with Crippen LogP contribution in [0.3, 0.4) is 0 Å². The van der Waals surface area contributed by atoms with Gasteiger partial charge in [0, 0.05) is 35.4 Å². The number of halogens is 2. The second-order valence-corrected chi connectivity index (χ2v) is 6.37. The van der Waals surface area contributed by atoms with Gasteiger partial charge in [0.25, 0.3) is 0 Å². The highest BCUT2D eigenvalue weighted by molar-refractivity contribution is 6.30. The molecule has 1 heterocycles. The zero-order valence-corrected chi connectivity index (χ0v) is 13.5. The predicted octanol–water partition coefficient (Wildman–Crippen LogP) is 4.49. The van der Waals surface area contributed by atoms with Gasteiger partial charge in [-0.3, -0.25) is 0 Å². The zero-order chi connectivity index (χ0) is 14.8. The van der Waals surface area contributed by atoms with E-state index in [0.717, 1.165) is 29.7 Å². The van der Waals surface area contributed by atoms with Crippen molar-refractivity contribution in [3.05, 3.63) is 64.1 Å². The quantitative estimate of drug-likeness (QED) is 0.804. The summed E-state index contributed by atoms with van der Waals surface area (Å²) < 4.78 is 0. The molecule has 0 saturated carbocycles. The van der Waals surface area contributed by atoms with Crippen LogP contribution < -0.4 is 4.90 Å². The van der Waals surface area contributed by atoms with E-state index in [1.165, 1.54) is 11.3 Å². The van der Waals surface area contributed by atoms with Crippen LogP contribution in [0.25, 0.3) is 0 Å². The minimum atomic E-state index is 0.335. The summed E-state index contributed by atoms with van der Waals surface area (Å²) >= 11 is 12.0. The zero-order valence-electron chi connectivity index (χ0n) is 12.0. The number of likely N-dealkylation sites (N-methyl/N-ethyl adjacent to an activating group) is 1. The van der Waals surface area contributed by atoms with Gasteiger partial charge in [0.2, 0.25) is 0 Å². The van der Waals surface area contributed by atoms with E-state index in [-0.39, 0.29) is 0 Å². The molecule has 0 spiro atoms. The van der Waals surface area contributed by atoms with Gasteiger partial charge in [-0.05, 0) is 49.0 Å². The highest BCUT2D eigenvalue weighted by Crippen LogP contribution is 2.31. The fourth-order valence-corrected chi connectivity index (χ4v) is 3.08. The van der Waals surface area contributed by atoms with Crippen LogP contribution in [-0.2, 0) is 0 Å². The number of benzene rings is 2. The average Bonchev–Trinajstić information content (AvgIpc) is 2.49. The second kappa shape index (κ2) is 6.27. The summed E-state index contributed by atoms with van der Waals surface area (Å²) in [5, 5.41) is 1.55. The molecule has 0 bridgehead atoms. The molecule has 0 N–H and O–H groups in total. The van der Waals surface area contributed by atoms with E-state index in [1.807, 2.05) is 24.3 Å². The number of nitrogens with zero attached hydrogens (tertiary/aromatic N) is 2. The number of anilines is 1. The van der Waals surface area contributed by atoms with E-state index in [1.54, 1.807) is 0 Å². The summed E-state index contributed by atoms with van der Waals surface area (Å²) in [6, 6.07) is 16.6. The summed E-state index contributed by atoms with van der Waals surface area (Å²) in [5.74, 6) is 0. The Bertz CT molecular complexity index is 595. The molecule has 0 amide bonds. The van der Waals surface area contributed by atoms with Crippen molar-refractivity contribution in [1.29, 1.82) is 0 Å². The molecule has 1 atom stereocenters. The summed E-state index contributed by atoms with van der Waals surface area (Å²) in [6.45, 7) is 3.07. The van der Waals surface area contributed by atoms with Gasteiger partial charge in [-0.1, -0.05) is 35.3 Å². The van der Waals surface area contributed by atoms with Crippen LogP contribution in [-0.4, -0.2) is 31.6 Å². The monoisotopic (exact) mass is 320 g/mol. The molecule has 4 heteroatoms. The summed E-state index contributed by atoms with van der Waals surface area (Å²) in [6.07, 6.45) is 0. The largest absolute Gasteiger partial charge is 0.362 e. The third kappa shape index (κ3) is 3.34. The molecule has 21 heavy (non-hydrogen) atoms. The van der Waals surface area contributed by atoms with Crippen molar-refractivity contribution >= 4 is 28.9 Å². The van der Waals surface area contributed by atoms with Crippen LogP contribution in [0.15, 0.2) is 48.5 Å². The number of rotatable bonds is 2. The van der Waals surface area contributed by atoms with Crippen LogP contribution in [0, 0.1) is 0 Å². The number of piperazine rings is 1. The molecule has 2 aromatic rings. The highest BCUT2D eigenvalue weighted by Gasteiger charge is 2.26. The fourth-order valence-electron chi connectivity index (χ4n) is 2.83. The van der Waals surface area contributed by atoms with E-state index in [2.05, 4.69) is 41.1 Å². The summed E-state index contributed by atoms with van der Waals surface area (Å²) in [5.41, 5.74) is 2.51. The molecule has 0 aromatic heterocycles. The molecule has 2 nitrogen and oxygen atoms in total. The number of hydrogen-bond acceptors (Lipinski definition) is 2. The Balaban J connectivity index is 1.92. The van der Waals surface area contributed by atoms with Crippen LogP contribution in [0.2, 0.25) is 10.0 Å². The van der Waals surface area contributed by atoms with E-state index in [4.69, 9.17) is 23.2 Å². The van der Waals surface area contributed by atoms with E-state index >= 15 is 0 Å². The average molecular weight is 321 g/mol. The van der Waals surface area contributed by atoms with Crippen molar-refractivity contribution in [2.24, 2.45) is 0 Å². The molecule has 2 aromatic carbocycles. The molecule has 1 fully saturated rings. The Labute approximate surface area is 135 Å². The van der Waals surface area contributed by atoms with Gasteiger partial charge in [-0.25, -0.2) is 0 Å².